The summed E-state index contributed by atoms with van der Waals surface area (Å²) in [5.41, 5.74) is -0.329. The maximum atomic E-state index is 12.3. The lowest BCUT2D eigenvalue weighted by atomic mass is 9.88. The number of benzene rings is 1. The predicted octanol–water partition coefficient (Wildman–Crippen LogP) is 1.34. The Morgan fingerprint density at radius 2 is 1.86 bits per heavy atom. The molecule has 1 heterocycles. The number of ether oxygens (including phenoxy) is 1. The van der Waals surface area contributed by atoms with Crippen molar-refractivity contribution in [1.29, 1.82) is 0 Å². The van der Waals surface area contributed by atoms with Gasteiger partial charge in [-0.2, -0.15) is 0 Å². The maximum absolute atomic E-state index is 12.3. The van der Waals surface area contributed by atoms with E-state index < -0.39 is 23.3 Å². The van der Waals surface area contributed by atoms with Crippen molar-refractivity contribution in [2.45, 2.75) is 20.3 Å². The number of urea groups is 1. The number of amides is 4. The minimum Gasteiger partial charge on any atom is -0.496 e. The van der Waals surface area contributed by atoms with Crippen LogP contribution in [-0.4, -0.2) is 36.4 Å². The standard InChI is InChI=1S/C15H18N2O4/c1-15(2)12(18)16-14(20)17(13(15)19)9-8-10-6-4-5-7-11(10)21-3/h4-7H,8-9H2,1-3H3,(H,16,18,20). The van der Waals surface area contributed by atoms with Crippen LogP contribution in [0, 0.1) is 5.41 Å². The van der Waals surface area contributed by atoms with E-state index in [1.54, 1.807) is 7.11 Å². The summed E-state index contributed by atoms with van der Waals surface area (Å²) >= 11 is 0. The lowest BCUT2D eigenvalue weighted by Crippen LogP contribution is -2.62. The normalized spacial score (nSPS) is 17.7. The fourth-order valence-electron chi connectivity index (χ4n) is 2.19. The van der Waals surface area contributed by atoms with E-state index in [1.807, 2.05) is 24.3 Å². The Morgan fingerprint density at radius 3 is 2.52 bits per heavy atom. The molecular weight excluding hydrogens is 272 g/mol. The van der Waals surface area contributed by atoms with Gasteiger partial charge in [-0.15, -0.1) is 0 Å². The van der Waals surface area contributed by atoms with E-state index >= 15 is 0 Å². The fourth-order valence-corrected chi connectivity index (χ4v) is 2.19. The molecule has 1 fully saturated rings. The minimum atomic E-state index is -1.23. The van der Waals surface area contributed by atoms with Crippen LogP contribution in [-0.2, 0) is 16.0 Å². The van der Waals surface area contributed by atoms with Gasteiger partial charge in [0.2, 0.25) is 11.8 Å². The van der Waals surface area contributed by atoms with Crippen molar-refractivity contribution in [1.82, 2.24) is 10.2 Å². The van der Waals surface area contributed by atoms with Gasteiger partial charge >= 0.3 is 6.03 Å². The van der Waals surface area contributed by atoms with Crippen molar-refractivity contribution in [2.24, 2.45) is 5.41 Å². The number of barbiturate groups is 1. The van der Waals surface area contributed by atoms with Gasteiger partial charge in [0.1, 0.15) is 11.2 Å². The summed E-state index contributed by atoms with van der Waals surface area (Å²) in [5, 5.41) is 2.21. The van der Waals surface area contributed by atoms with Crippen molar-refractivity contribution >= 4 is 17.8 Å². The average molecular weight is 290 g/mol. The van der Waals surface area contributed by atoms with Gasteiger partial charge in [-0.05, 0) is 31.9 Å². The Morgan fingerprint density at radius 1 is 1.19 bits per heavy atom. The number of nitrogens with one attached hydrogen (secondary N) is 1. The van der Waals surface area contributed by atoms with E-state index in [0.29, 0.717) is 12.2 Å². The van der Waals surface area contributed by atoms with E-state index in [0.717, 1.165) is 10.5 Å². The second-order valence-electron chi connectivity index (χ2n) is 5.40. The summed E-state index contributed by atoms with van der Waals surface area (Å²) in [6.07, 6.45) is 0.466. The van der Waals surface area contributed by atoms with E-state index in [9.17, 15) is 14.4 Å². The number of carbonyl (C=O) groups is 3. The third-order valence-electron chi connectivity index (χ3n) is 3.61. The Hall–Kier alpha value is -2.37. The molecule has 6 heteroatoms. The van der Waals surface area contributed by atoms with Crippen LogP contribution >= 0.6 is 0 Å². The largest absolute Gasteiger partial charge is 0.496 e. The van der Waals surface area contributed by atoms with E-state index in [1.165, 1.54) is 13.8 Å². The number of hydrogen-bond donors (Lipinski definition) is 1. The van der Waals surface area contributed by atoms with Gasteiger partial charge in [0, 0.05) is 6.54 Å². The molecular formula is C15H18N2O4. The summed E-state index contributed by atoms with van der Waals surface area (Å²) in [5.74, 6) is -0.338. The third-order valence-corrected chi connectivity index (χ3v) is 3.61. The molecule has 0 unspecified atom stereocenters. The first-order valence-electron chi connectivity index (χ1n) is 6.67. The molecule has 0 bridgehead atoms. The van der Waals surface area contributed by atoms with Gasteiger partial charge in [-0.1, -0.05) is 18.2 Å². The van der Waals surface area contributed by atoms with Crippen molar-refractivity contribution in [3.8, 4) is 5.75 Å². The zero-order valence-electron chi connectivity index (χ0n) is 12.3. The average Bonchev–Trinajstić information content (AvgIpc) is 2.46. The molecule has 112 valence electrons. The number of methoxy groups -OCH3 is 1. The highest BCUT2D eigenvalue weighted by Crippen LogP contribution is 2.24. The summed E-state index contributed by atoms with van der Waals surface area (Å²) < 4.78 is 5.24. The molecule has 21 heavy (non-hydrogen) atoms. The molecule has 1 N–H and O–H groups in total. The van der Waals surface area contributed by atoms with Gasteiger partial charge in [-0.3, -0.25) is 19.8 Å². The summed E-state index contributed by atoms with van der Waals surface area (Å²) in [4.78, 5) is 36.8. The number of imide groups is 2. The highest BCUT2D eigenvalue weighted by atomic mass is 16.5. The molecule has 4 amide bonds. The molecule has 1 aromatic carbocycles. The van der Waals surface area contributed by atoms with Crippen LogP contribution in [0.1, 0.15) is 19.4 Å². The molecule has 0 atom stereocenters. The lowest BCUT2D eigenvalue weighted by Gasteiger charge is -2.34. The van der Waals surface area contributed by atoms with Gasteiger partial charge in [-0.25, -0.2) is 4.79 Å². The maximum Gasteiger partial charge on any atom is 0.330 e. The Labute approximate surface area is 123 Å². The molecule has 0 radical (unpaired) electrons. The van der Waals surface area contributed by atoms with Gasteiger partial charge in [0.05, 0.1) is 7.11 Å². The first-order chi connectivity index (χ1) is 9.87. The number of rotatable bonds is 4. The van der Waals surface area contributed by atoms with Crippen LogP contribution in [0.25, 0.3) is 0 Å². The summed E-state index contributed by atoms with van der Waals surface area (Å²) in [6.45, 7) is 3.21. The predicted molar refractivity (Wildman–Crippen MR) is 75.7 cm³/mol. The van der Waals surface area contributed by atoms with Crippen LogP contribution in [0.2, 0.25) is 0 Å². The number of hydrogen-bond acceptors (Lipinski definition) is 4. The smallest absolute Gasteiger partial charge is 0.330 e. The molecule has 1 saturated heterocycles. The monoisotopic (exact) mass is 290 g/mol. The third kappa shape index (κ3) is 2.74. The van der Waals surface area contributed by atoms with E-state index in [-0.39, 0.29) is 6.54 Å². The van der Waals surface area contributed by atoms with Crippen molar-refractivity contribution < 1.29 is 19.1 Å². The minimum absolute atomic E-state index is 0.196. The van der Waals surface area contributed by atoms with Crippen molar-refractivity contribution in [2.75, 3.05) is 13.7 Å². The SMILES string of the molecule is COc1ccccc1CCN1C(=O)NC(=O)C(C)(C)C1=O. The molecule has 1 aliphatic rings. The molecule has 0 aliphatic carbocycles. The lowest BCUT2D eigenvalue weighted by molar-refractivity contribution is -0.148. The van der Waals surface area contributed by atoms with Crippen LogP contribution in [0.5, 0.6) is 5.75 Å². The first kappa shape index (κ1) is 15.0. The van der Waals surface area contributed by atoms with E-state index in [4.69, 9.17) is 4.74 Å². The van der Waals surface area contributed by atoms with Crippen LogP contribution < -0.4 is 10.1 Å². The summed E-state index contributed by atoms with van der Waals surface area (Å²) in [6, 6.07) is 6.74. The van der Waals surface area contributed by atoms with Crippen molar-refractivity contribution in [3.05, 3.63) is 29.8 Å². The van der Waals surface area contributed by atoms with Gasteiger partial charge in [0.15, 0.2) is 0 Å². The van der Waals surface area contributed by atoms with Crippen molar-refractivity contribution in [3.63, 3.8) is 0 Å². The van der Waals surface area contributed by atoms with Crippen LogP contribution in [0.4, 0.5) is 4.79 Å². The Kier molecular flexibility index (Phi) is 3.97. The highest BCUT2D eigenvalue weighted by molar-refractivity contribution is 6.18. The highest BCUT2D eigenvalue weighted by Gasteiger charge is 2.46. The van der Waals surface area contributed by atoms with Gasteiger partial charge in [0.25, 0.3) is 0 Å². The summed E-state index contributed by atoms with van der Waals surface area (Å²) in [7, 11) is 1.57. The molecule has 2 rings (SSSR count). The number of nitrogens with zero attached hydrogens (tertiary/aromatic N) is 1. The second-order valence-corrected chi connectivity index (χ2v) is 5.40. The molecule has 0 aromatic heterocycles. The topological polar surface area (TPSA) is 75.7 Å². The molecule has 6 nitrogen and oxygen atoms in total. The Balaban J connectivity index is 2.14. The zero-order chi connectivity index (χ0) is 15.6. The quantitative estimate of drug-likeness (QED) is 0.849. The Bertz CT molecular complexity index is 595. The fraction of sp³-hybridized carbons (Fsp3) is 0.400. The molecule has 0 spiro atoms. The molecule has 0 saturated carbocycles. The first-order valence-corrected chi connectivity index (χ1v) is 6.67. The van der Waals surface area contributed by atoms with Gasteiger partial charge < -0.3 is 4.74 Å². The number of carbonyl (C=O) groups excluding carboxylic acids is 3. The molecule has 1 aliphatic heterocycles. The zero-order valence-corrected chi connectivity index (χ0v) is 12.3. The molecule has 1 aromatic rings. The van der Waals surface area contributed by atoms with Crippen LogP contribution in [0.3, 0.4) is 0 Å². The second kappa shape index (κ2) is 5.55. The van der Waals surface area contributed by atoms with E-state index in [2.05, 4.69) is 5.32 Å². The number of para-hydroxylation sites is 1. The van der Waals surface area contributed by atoms with Crippen LogP contribution in [0.15, 0.2) is 24.3 Å².